The van der Waals surface area contributed by atoms with Crippen LogP contribution in [0.4, 0.5) is 0 Å². The van der Waals surface area contributed by atoms with Crippen LogP contribution in [0.25, 0.3) is 0 Å². The molecule has 0 fully saturated rings. The van der Waals surface area contributed by atoms with Gasteiger partial charge >= 0.3 is 23.9 Å². The largest absolute Gasteiger partial charge is 0.466 e. The van der Waals surface area contributed by atoms with Crippen molar-refractivity contribution < 1.29 is 42.9 Å². The fraction of sp³-hybridized carbons (Fsp3) is 0.393. The molecule has 0 aliphatic rings. The normalized spacial score (nSPS) is 9.47. The second kappa shape index (κ2) is 18.7. The van der Waals surface area contributed by atoms with Crippen molar-refractivity contribution in [3.8, 4) is 0 Å². The van der Waals surface area contributed by atoms with Crippen LogP contribution in [0.1, 0.15) is 64.6 Å². The second-order valence-electron chi connectivity index (χ2n) is 7.75. The maximum Gasteiger partial charge on any atom is 0.337 e. The Bertz CT molecular complexity index is 1110. The molecule has 0 saturated heterocycles. The first-order valence-corrected chi connectivity index (χ1v) is 12.5. The monoisotopic (exact) mass is 594 g/mol. The fourth-order valence-corrected chi connectivity index (χ4v) is 3.11. The van der Waals surface area contributed by atoms with Gasteiger partial charge in [0.25, 0.3) is 0 Å². The molecule has 0 aromatic heterocycles. The zero-order chi connectivity index (χ0) is 29.3. The standard InChI is InChI=1S/C13H16O4.C9H9BrO2.C6H10O3/c1-4-17-12(14)8-11-7-10(13(15)16-3)6-5-9(11)2;1-6-3-4-7(5-8(6)10)9(11)12-2;1-3-9-6(8)4-5(2)7/h5-7H,4,8H2,1-3H3;3-5H,1-2H3;3-4H2,1-2H3. The molecule has 0 heterocycles. The van der Waals surface area contributed by atoms with E-state index in [4.69, 9.17) is 4.74 Å². The van der Waals surface area contributed by atoms with E-state index in [0.29, 0.717) is 24.3 Å². The predicted molar refractivity (Wildman–Crippen MR) is 145 cm³/mol. The molecule has 0 saturated carbocycles. The van der Waals surface area contributed by atoms with Crippen molar-refractivity contribution in [2.24, 2.45) is 0 Å². The Balaban J connectivity index is 0.000000572. The molecule has 208 valence electrons. The molecule has 10 heteroatoms. The van der Waals surface area contributed by atoms with Gasteiger partial charge in [-0.3, -0.25) is 14.4 Å². The average molecular weight is 595 g/mol. The molecule has 2 aromatic rings. The van der Waals surface area contributed by atoms with Gasteiger partial charge in [0.1, 0.15) is 12.2 Å². The van der Waals surface area contributed by atoms with Crippen molar-refractivity contribution in [1.82, 2.24) is 0 Å². The van der Waals surface area contributed by atoms with Gasteiger partial charge in [-0.05, 0) is 75.6 Å². The number of methoxy groups -OCH3 is 2. The molecule has 0 atom stereocenters. The van der Waals surface area contributed by atoms with E-state index < -0.39 is 11.9 Å². The highest BCUT2D eigenvalue weighted by atomic mass is 79.9. The number of hydrogen-bond acceptors (Lipinski definition) is 9. The highest BCUT2D eigenvalue weighted by Crippen LogP contribution is 2.17. The lowest BCUT2D eigenvalue weighted by Gasteiger charge is -2.07. The molecular weight excluding hydrogens is 560 g/mol. The SMILES string of the molecule is CCOC(=O)CC(C)=O.CCOC(=O)Cc1cc(C(=O)OC)ccc1C.COC(=O)c1ccc(C)c(Br)c1. The van der Waals surface area contributed by atoms with Crippen LogP contribution in [0.15, 0.2) is 40.9 Å². The third kappa shape index (κ3) is 13.7. The summed E-state index contributed by atoms with van der Waals surface area (Å²) in [6.45, 7) is 9.37. The number of ketones is 1. The van der Waals surface area contributed by atoms with Crippen molar-refractivity contribution in [3.63, 3.8) is 0 Å². The molecule has 0 amide bonds. The number of halogens is 1. The number of Topliss-reactive ketones (excluding diaryl/α,β-unsaturated/α-hetero) is 1. The Labute approximate surface area is 231 Å². The van der Waals surface area contributed by atoms with Crippen LogP contribution in [0.5, 0.6) is 0 Å². The first-order valence-electron chi connectivity index (χ1n) is 11.7. The van der Waals surface area contributed by atoms with E-state index in [2.05, 4.69) is 30.1 Å². The quantitative estimate of drug-likeness (QED) is 0.237. The number of esters is 4. The summed E-state index contributed by atoms with van der Waals surface area (Å²) in [6.07, 6.45) is 0.0678. The smallest absolute Gasteiger partial charge is 0.337 e. The summed E-state index contributed by atoms with van der Waals surface area (Å²) >= 11 is 3.34. The van der Waals surface area contributed by atoms with Crippen LogP contribution in [-0.2, 0) is 39.8 Å². The van der Waals surface area contributed by atoms with Crippen LogP contribution in [0.3, 0.4) is 0 Å². The molecule has 2 rings (SSSR count). The number of benzene rings is 2. The van der Waals surface area contributed by atoms with Gasteiger partial charge in [-0.1, -0.05) is 28.1 Å². The van der Waals surface area contributed by atoms with Crippen molar-refractivity contribution in [2.45, 2.75) is 47.5 Å². The van der Waals surface area contributed by atoms with E-state index >= 15 is 0 Å². The summed E-state index contributed by atoms with van der Waals surface area (Å²) in [5.74, 6) is -1.61. The van der Waals surface area contributed by atoms with Gasteiger partial charge in [-0.25, -0.2) is 9.59 Å². The number of carbonyl (C=O) groups excluding carboxylic acids is 5. The molecule has 0 spiro atoms. The predicted octanol–water partition coefficient (Wildman–Crippen LogP) is 4.96. The maximum absolute atomic E-state index is 11.4. The highest BCUT2D eigenvalue weighted by Gasteiger charge is 2.11. The van der Waals surface area contributed by atoms with Crippen LogP contribution in [0.2, 0.25) is 0 Å². The lowest BCUT2D eigenvalue weighted by molar-refractivity contribution is -0.145. The molecular formula is C28H35BrO9. The van der Waals surface area contributed by atoms with Gasteiger partial charge in [0.15, 0.2) is 0 Å². The minimum absolute atomic E-state index is 0.103. The Morgan fingerprint density at radius 1 is 0.737 bits per heavy atom. The lowest BCUT2D eigenvalue weighted by atomic mass is 10.0. The van der Waals surface area contributed by atoms with Crippen LogP contribution < -0.4 is 0 Å². The van der Waals surface area contributed by atoms with Crippen LogP contribution in [0, 0.1) is 13.8 Å². The second-order valence-corrected chi connectivity index (χ2v) is 8.61. The molecule has 0 N–H and O–H groups in total. The van der Waals surface area contributed by atoms with Crippen LogP contribution >= 0.6 is 15.9 Å². The minimum atomic E-state index is -0.440. The lowest BCUT2D eigenvalue weighted by Crippen LogP contribution is -2.10. The molecule has 0 radical (unpaired) electrons. The molecule has 0 unspecified atom stereocenters. The van der Waals surface area contributed by atoms with Gasteiger partial charge < -0.3 is 18.9 Å². The number of rotatable bonds is 8. The fourth-order valence-electron chi connectivity index (χ4n) is 2.73. The van der Waals surface area contributed by atoms with E-state index in [1.54, 1.807) is 44.2 Å². The van der Waals surface area contributed by atoms with Gasteiger partial charge in [-0.2, -0.15) is 0 Å². The summed E-state index contributed by atoms with van der Waals surface area (Å²) in [7, 11) is 2.70. The summed E-state index contributed by atoms with van der Waals surface area (Å²) in [5.41, 5.74) is 3.84. The maximum atomic E-state index is 11.4. The number of aryl methyl sites for hydroxylation is 2. The van der Waals surface area contributed by atoms with Crippen molar-refractivity contribution in [1.29, 1.82) is 0 Å². The molecule has 38 heavy (non-hydrogen) atoms. The summed E-state index contributed by atoms with van der Waals surface area (Å²) in [4.78, 5) is 54.4. The first-order chi connectivity index (χ1) is 17.9. The minimum Gasteiger partial charge on any atom is -0.466 e. The van der Waals surface area contributed by atoms with Gasteiger partial charge in [0, 0.05) is 4.47 Å². The van der Waals surface area contributed by atoms with Crippen molar-refractivity contribution >= 4 is 45.6 Å². The van der Waals surface area contributed by atoms with Gasteiger partial charge in [-0.15, -0.1) is 0 Å². The Morgan fingerprint density at radius 2 is 1.21 bits per heavy atom. The molecule has 2 aromatic carbocycles. The summed E-state index contributed by atoms with van der Waals surface area (Å²) < 4.78 is 19.5. The van der Waals surface area contributed by atoms with Gasteiger partial charge in [0.05, 0.1) is 45.0 Å². The molecule has 0 aliphatic heterocycles. The van der Waals surface area contributed by atoms with Crippen molar-refractivity contribution in [2.75, 3.05) is 27.4 Å². The molecule has 0 bridgehead atoms. The zero-order valence-electron chi connectivity index (χ0n) is 22.8. The molecule has 9 nitrogen and oxygen atoms in total. The third-order valence-electron chi connectivity index (χ3n) is 4.70. The Morgan fingerprint density at radius 3 is 1.66 bits per heavy atom. The zero-order valence-corrected chi connectivity index (χ0v) is 24.4. The third-order valence-corrected chi connectivity index (χ3v) is 5.56. The van der Waals surface area contributed by atoms with E-state index in [-0.39, 0.29) is 30.6 Å². The van der Waals surface area contributed by atoms with Gasteiger partial charge in [0.2, 0.25) is 0 Å². The number of carbonyl (C=O) groups is 5. The Hall–Kier alpha value is -3.53. The highest BCUT2D eigenvalue weighted by molar-refractivity contribution is 9.10. The van der Waals surface area contributed by atoms with Crippen molar-refractivity contribution in [3.05, 3.63) is 68.7 Å². The van der Waals surface area contributed by atoms with E-state index in [1.807, 2.05) is 19.9 Å². The first kappa shape index (κ1) is 34.5. The topological polar surface area (TPSA) is 122 Å². The van der Waals surface area contributed by atoms with E-state index in [9.17, 15) is 24.0 Å². The number of hydrogen-bond donors (Lipinski definition) is 0. The molecule has 0 aliphatic carbocycles. The summed E-state index contributed by atoms with van der Waals surface area (Å²) in [5, 5.41) is 0. The summed E-state index contributed by atoms with van der Waals surface area (Å²) in [6, 6.07) is 10.5. The van der Waals surface area contributed by atoms with E-state index in [0.717, 1.165) is 21.2 Å². The average Bonchev–Trinajstić information content (AvgIpc) is 2.86. The number of ether oxygens (including phenoxy) is 4. The Kier molecular flexibility index (Phi) is 16.9. The van der Waals surface area contributed by atoms with E-state index in [1.165, 1.54) is 21.1 Å². The van der Waals surface area contributed by atoms with Crippen LogP contribution in [-0.4, -0.2) is 57.1 Å².